The molecule has 3 nitrogen and oxygen atoms in total. The van der Waals surface area contributed by atoms with Gasteiger partial charge < -0.3 is 9.64 Å². The van der Waals surface area contributed by atoms with Gasteiger partial charge in [0, 0.05) is 36.6 Å². The van der Waals surface area contributed by atoms with E-state index < -0.39 is 28.9 Å². The fourth-order valence-electron chi connectivity index (χ4n) is 4.38. The number of benzene rings is 2. The summed E-state index contributed by atoms with van der Waals surface area (Å²) in [7, 11) is 3.07. The standard InChI is InChI=1S/C24H24F6N2O/c1-5-32-20-9-8-17(33-4)13-19(20)22(2,21(32)10-11-31-3)14-15-6-7-16(23(25,26)27)12-18(15)24(28,29)30/h6-13H,5,14H2,1-4H3/b21-10-,31-11?. The number of methoxy groups -OCH3 is 1. The molecule has 0 radical (unpaired) electrons. The lowest BCUT2D eigenvalue weighted by molar-refractivity contribution is -0.143. The van der Waals surface area contributed by atoms with Gasteiger partial charge in [-0.3, -0.25) is 4.99 Å². The number of hydrogen-bond donors (Lipinski definition) is 0. The van der Waals surface area contributed by atoms with E-state index in [0.717, 1.165) is 17.3 Å². The molecule has 0 saturated heterocycles. The zero-order chi connectivity index (χ0) is 24.6. The van der Waals surface area contributed by atoms with Crippen molar-refractivity contribution in [2.24, 2.45) is 4.99 Å². The fraction of sp³-hybridized carbons (Fsp3) is 0.375. The molecule has 2 aromatic carbocycles. The summed E-state index contributed by atoms with van der Waals surface area (Å²) in [6.45, 7) is 4.24. The van der Waals surface area contributed by atoms with E-state index >= 15 is 0 Å². The predicted octanol–water partition coefficient (Wildman–Crippen LogP) is 6.66. The number of nitrogens with zero attached hydrogens (tertiary/aromatic N) is 2. The topological polar surface area (TPSA) is 24.8 Å². The van der Waals surface area contributed by atoms with Crippen molar-refractivity contribution in [1.29, 1.82) is 0 Å². The maximum atomic E-state index is 13.8. The third-order valence-electron chi connectivity index (χ3n) is 5.93. The van der Waals surface area contributed by atoms with E-state index in [2.05, 4.69) is 4.99 Å². The van der Waals surface area contributed by atoms with E-state index in [9.17, 15) is 26.3 Å². The van der Waals surface area contributed by atoms with Crippen LogP contribution in [0.3, 0.4) is 0 Å². The SMILES string of the molecule is CCN1/C(=C\C=NC)C(C)(Cc2ccc(C(F)(F)F)cc2C(F)(F)F)c2cc(OC)ccc21. The number of hydrogen-bond acceptors (Lipinski definition) is 3. The third-order valence-corrected chi connectivity index (χ3v) is 5.93. The Morgan fingerprint density at radius 3 is 2.27 bits per heavy atom. The van der Waals surface area contributed by atoms with Gasteiger partial charge in [0.1, 0.15) is 5.75 Å². The summed E-state index contributed by atoms with van der Waals surface area (Å²) in [4.78, 5) is 5.94. The molecule has 0 aromatic heterocycles. The molecule has 0 amide bonds. The Morgan fingerprint density at radius 2 is 1.73 bits per heavy atom. The van der Waals surface area contributed by atoms with Crippen LogP contribution in [0.1, 0.15) is 36.1 Å². The molecule has 0 spiro atoms. The van der Waals surface area contributed by atoms with Crippen LogP contribution in [0, 0.1) is 0 Å². The minimum atomic E-state index is -4.94. The van der Waals surface area contributed by atoms with Gasteiger partial charge in [-0.2, -0.15) is 26.3 Å². The lowest BCUT2D eigenvalue weighted by Crippen LogP contribution is -2.31. The molecule has 1 atom stereocenters. The molecule has 3 rings (SSSR count). The van der Waals surface area contributed by atoms with Gasteiger partial charge >= 0.3 is 12.4 Å². The quantitative estimate of drug-likeness (QED) is 0.361. The van der Waals surface area contributed by atoms with E-state index in [0.29, 0.717) is 24.1 Å². The van der Waals surface area contributed by atoms with Gasteiger partial charge in [0.2, 0.25) is 0 Å². The van der Waals surface area contributed by atoms with Crippen LogP contribution in [0.4, 0.5) is 32.0 Å². The van der Waals surface area contributed by atoms with Gasteiger partial charge in [-0.1, -0.05) is 6.07 Å². The van der Waals surface area contributed by atoms with Crippen LogP contribution < -0.4 is 9.64 Å². The Hall–Kier alpha value is -2.97. The average Bonchev–Trinajstić information content (AvgIpc) is 2.97. The van der Waals surface area contributed by atoms with Crippen molar-refractivity contribution < 1.29 is 31.1 Å². The molecule has 0 fully saturated rings. The number of likely N-dealkylation sites (N-methyl/N-ethyl adjacent to an activating group) is 1. The summed E-state index contributed by atoms with van der Waals surface area (Å²) in [5.41, 5.74) is -1.58. The fourth-order valence-corrected chi connectivity index (χ4v) is 4.38. The molecule has 178 valence electrons. The van der Waals surface area contributed by atoms with Crippen molar-refractivity contribution in [3.05, 3.63) is 70.4 Å². The van der Waals surface area contributed by atoms with Crippen LogP contribution in [-0.2, 0) is 24.2 Å². The molecule has 9 heteroatoms. The second kappa shape index (κ2) is 8.76. The van der Waals surface area contributed by atoms with Crippen molar-refractivity contribution in [2.45, 2.75) is 38.0 Å². The Bertz CT molecular complexity index is 1090. The Labute approximate surface area is 188 Å². The first-order chi connectivity index (χ1) is 15.4. The first-order valence-electron chi connectivity index (χ1n) is 10.2. The summed E-state index contributed by atoms with van der Waals surface area (Å²) in [5.74, 6) is 0.532. The van der Waals surface area contributed by atoms with Crippen LogP contribution in [0.2, 0.25) is 0 Å². The first-order valence-corrected chi connectivity index (χ1v) is 10.2. The maximum Gasteiger partial charge on any atom is 0.416 e. The molecule has 1 aliphatic rings. The normalized spacial score (nSPS) is 20.1. The number of aliphatic imine (C=N–C) groups is 1. The van der Waals surface area contributed by atoms with Crippen molar-refractivity contribution in [2.75, 3.05) is 25.6 Å². The van der Waals surface area contributed by atoms with E-state index in [1.807, 2.05) is 17.9 Å². The lowest BCUT2D eigenvalue weighted by Gasteiger charge is -2.31. The van der Waals surface area contributed by atoms with Crippen LogP contribution in [0.15, 0.2) is 53.2 Å². The molecule has 0 aliphatic carbocycles. The van der Waals surface area contributed by atoms with E-state index in [-0.39, 0.29) is 18.1 Å². The minimum Gasteiger partial charge on any atom is -0.497 e. The minimum absolute atomic E-state index is 0.167. The summed E-state index contributed by atoms with van der Waals surface area (Å²) in [6.07, 6.45) is -6.70. The molecule has 1 unspecified atom stereocenters. The van der Waals surface area contributed by atoms with Gasteiger partial charge in [0.15, 0.2) is 0 Å². The monoisotopic (exact) mass is 470 g/mol. The highest BCUT2D eigenvalue weighted by Gasteiger charge is 2.46. The van der Waals surface area contributed by atoms with Crippen molar-refractivity contribution in [1.82, 2.24) is 0 Å². The number of anilines is 1. The highest BCUT2D eigenvalue weighted by molar-refractivity contribution is 5.80. The molecule has 2 aromatic rings. The van der Waals surface area contributed by atoms with Gasteiger partial charge in [-0.05, 0) is 67.8 Å². The van der Waals surface area contributed by atoms with E-state index in [4.69, 9.17) is 4.74 Å². The summed E-state index contributed by atoms with van der Waals surface area (Å²) in [6, 6.07) is 7.17. The zero-order valence-corrected chi connectivity index (χ0v) is 18.6. The summed E-state index contributed by atoms with van der Waals surface area (Å²) in [5, 5.41) is 0. The van der Waals surface area contributed by atoms with Gasteiger partial charge in [0.25, 0.3) is 0 Å². The number of ether oxygens (including phenoxy) is 1. The van der Waals surface area contributed by atoms with Crippen molar-refractivity contribution in [3.8, 4) is 5.75 Å². The predicted molar refractivity (Wildman–Crippen MR) is 116 cm³/mol. The van der Waals surface area contributed by atoms with Gasteiger partial charge in [-0.25, -0.2) is 0 Å². The molecule has 1 heterocycles. The molecule has 33 heavy (non-hydrogen) atoms. The van der Waals surface area contributed by atoms with E-state index in [1.54, 1.807) is 38.4 Å². The number of rotatable bonds is 5. The summed E-state index contributed by atoms with van der Waals surface area (Å²) < 4.78 is 86.3. The van der Waals surface area contributed by atoms with Crippen LogP contribution in [0.25, 0.3) is 0 Å². The van der Waals surface area contributed by atoms with Gasteiger partial charge in [-0.15, -0.1) is 0 Å². The molecule has 0 saturated carbocycles. The van der Waals surface area contributed by atoms with Gasteiger partial charge in [0.05, 0.1) is 18.2 Å². The molecular formula is C24H24F6N2O. The smallest absolute Gasteiger partial charge is 0.416 e. The number of alkyl halides is 6. The second-order valence-electron chi connectivity index (χ2n) is 7.96. The third kappa shape index (κ3) is 4.58. The van der Waals surface area contributed by atoms with Crippen molar-refractivity contribution >= 4 is 11.9 Å². The maximum absolute atomic E-state index is 13.8. The van der Waals surface area contributed by atoms with Crippen molar-refractivity contribution in [3.63, 3.8) is 0 Å². The summed E-state index contributed by atoms with van der Waals surface area (Å²) >= 11 is 0. The Balaban J connectivity index is 2.24. The second-order valence-corrected chi connectivity index (χ2v) is 7.96. The lowest BCUT2D eigenvalue weighted by atomic mass is 9.75. The molecule has 0 N–H and O–H groups in total. The molecule has 0 bridgehead atoms. The van der Waals surface area contributed by atoms with E-state index in [1.165, 1.54) is 7.11 Å². The highest BCUT2D eigenvalue weighted by Crippen LogP contribution is 2.51. The van der Waals surface area contributed by atoms with Crippen LogP contribution in [0.5, 0.6) is 5.75 Å². The van der Waals surface area contributed by atoms with Crippen LogP contribution >= 0.6 is 0 Å². The Morgan fingerprint density at radius 1 is 1.03 bits per heavy atom. The number of fused-ring (bicyclic) bond motifs is 1. The van der Waals surface area contributed by atoms with Crippen LogP contribution in [-0.4, -0.2) is 26.9 Å². The average molecular weight is 470 g/mol. The molecular weight excluding hydrogens is 446 g/mol. The highest BCUT2D eigenvalue weighted by atomic mass is 19.4. The molecule has 1 aliphatic heterocycles. The number of allylic oxidation sites excluding steroid dienone is 2. The Kier molecular flexibility index (Phi) is 6.55. The number of halogens is 6. The first kappa shape index (κ1) is 24.7. The zero-order valence-electron chi connectivity index (χ0n) is 18.6. The largest absolute Gasteiger partial charge is 0.497 e.